The Labute approximate surface area is 164 Å². The first-order valence-corrected chi connectivity index (χ1v) is 9.69. The van der Waals surface area contributed by atoms with Crippen molar-refractivity contribution < 1.29 is 24.1 Å². The minimum atomic E-state index is -0.652. The molecule has 1 spiro atoms. The normalized spacial score (nSPS) is 22.4. The van der Waals surface area contributed by atoms with Crippen LogP contribution in [0.2, 0.25) is 0 Å². The fourth-order valence-electron chi connectivity index (χ4n) is 4.23. The third-order valence-corrected chi connectivity index (χ3v) is 5.92. The molecule has 5 nitrogen and oxygen atoms in total. The first kappa shape index (κ1) is 19.2. The summed E-state index contributed by atoms with van der Waals surface area (Å²) in [6.07, 6.45) is 0.898. The number of ether oxygens (including phenoxy) is 2. The van der Waals surface area contributed by atoms with E-state index in [-0.39, 0.29) is 11.4 Å². The van der Waals surface area contributed by atoms with Crippen LogP contribution in [0.15, 0.2) is 42.5 Å². The van der Waals surface area contributed by atoms with E-state index in [1.54, 1.807) is 19.2 Å². The molecule has 0 unspecified atom stereocenters. The first-order valence-electron chi connectivity index (χ1n) is 9.69. The molecule has 1 saturated heterocycles. The van der Waals surface area contributed by atoms with Gasteiger partial charge in [0.2, 0.25) is 0 Å². The van der Waals surface area contributed by atoms with Gasteiger partial charge < -0.3 is 24.6 Å². The highest BCUT2D eigenvalue weighted by molar-refractivity contribution is 5.43. The molecule has 0 amide bonds. The summed E-state index contributed by atoms with van der Waals surface area (Å²) in [6, 6.07) is 11.5. The lowest BCUT2D eigenvalue weighted by molar-refractivity contribution is -0.0588. The third kappa shape index (κ3) is 3.85. The van der Waals surface area contributed by atoms with Crippen molar-refractivity contribution in [3.05, 3.63) is 59.4 Å². The van der Waals surface area contributed by atoms with Gasteiger partial charge in [0.1, 0.15) is 22.9 Å². The smallest absolute Gasteiger partial charge is 0.126 e. The summed E-state index contributed by atoms with van der Waals surface area (Å²) >= 11 is 0. The molecule has 2 aliphatic rings. The zero-order valence-corrected chi connectivity index (χ0v) is 16.0. The Hall–Kier alpha value is -2.15. The number of benzene rings is 2. The van der Waals surface area contributed by atoms with Crippen LogP contribution in [-0.2, 0) is 0 Å². The molecule has 0 saturated carbocycles. The number of fused-ring (bicyclic) bond motifs is 1. The lowest BCUT2D eigenvalue weighted by Gasteiger charge is -2.46. The standard InChI is InChI=1S/C22H26FNO4/c1-27-17-6-7-21-18(12-17)19(25)13-22(28-21)8-10-24(11-9-22)14-20(26)15-2-4-16(23)5-3-15/h2-7,12,19-20,25-26H,8-11,13-14H2,1H3/t19-,20+/m1/s1. The minimum Gasteiger partial charge on any atom is -0.497 e. The van der Waals surface area contributed by atoms with Crippen LogP contribution in [0.25, 0.3) is 0 Å². The minimum absolute atomic E-state index is 0.304. The Kier molecular flexibility index (Phi) is 5.27. The predicted molar refractivity (Wildman–Crippen MR) is 103 cm³/mol. The Morgan fingerprint density at radius 3 is 2.61 bits per heavy atom. The average molecular weight is 387 g/mol. The average Bonchev–Trinajstić information content (AvgIpc) is 2.70. The van der Waals surface area contributed by atoms with E-state index < -0.39 is 12.2 Å². The van der Waals surface area contributed by atoms with Gasteiger partial charge >= 0.3 is 0 Å². The fourth-order valence-corrected chi connectivity index (χ4v) is 4.23. The Morgan fingerprint density at radius 1 is 1.21 bits per heavy atom. The fraction of sp³-hybridized carbons (Fsp3) is 0.455. The van der Waals surface area contributed by atoms with E-state index in [0.717, 1.165) is 37.2 Å². The van der Waals surface area contributed by atoms with Crippen molar-refractivity contribution in [3.63, 3.8) is 0 Å². The molecule has 0 bridgehead atoms. The maximum Gasteiger partial charge on any atom is 0.126 e. The molecule has 2 aromatic rings. The number of methoxy groups -OCH3 is 1. The van der Waals surface area contributed by atoms with E-state index in [9.17, 15) is 14.6 Å². The van der Waals surface area contributed by atoms with Crippen molar-refractivity contribution in [2.24, 2.45) is 0 Å². The van der Waals surface area contributed by atoms with Crippen molar-refractivity contribution in [1.29, 1.82) is 0 Å². The van der Waals surface area contributed by atoms with Crippen molar-refractivity contribution in [2.75, 3.05) is 26.7 Å². The molecule has 28 heavy (non-hydrogen) atoms. The molecule has 2 aliphatic heterocycles. The van der Waals surface area contributed by atoms with Crippen molar-refractivity contribution in [1.82, 2.24) is 4.90 Å². The van der Waals surface area contributed by atoms with Gasteiger partial charge in [-0.2, -0.15) is 0 Å². The van der Waals surface area contributed by atoms with E-state index in [1.807, 2.05) is 18.2 Å². The maximum absolute atomic E-state index is 13.1. The van der Waals surface area contributed by atoms with Gasteiger partial charge in [0.25, 0.3) is 0 Å². The zero-order valence-electron chi connectivity index (χ0n) is 16.0. The van der Waals surface area contributed by atoms with Gasteiger partial charge in [0.05, 0.1) is 19.3 Å². The van der Waals surface area contributed by atoms with E-state index >= 15 is 0 Å². The highest BCUT2D eigenvalue weighted by Crippen LogP contribution is 2.45. The lowest BCUT2D eigenvalue weighted by Crippen LogP contribution is -2.51. The number of β-amino-alcohol motifs (C(OH)–C–C–N with tert-alkyl or cyclic N) is 1. The molecule has 2 atom stereocenters. The molecule has 2 heterocycles. The number of nitrogens with zero attached hydrogens (tertiary/aromatic N) is 1. The van der Waals surface area contributed by atoms with E-state index in [0.29, 0.717) is 24.3 Å². The van der Waals surface area contributed by atoms with Crippen molar-refractivity contribution in [2.45, 2.75) is 37.1 Å². The predicted octanol–water partition coefficient (Wildman–Crippen LogP) is 3.22. The van der Waals surface area contributed by atoms with E-state index in [1.165, 1.54) is 12.1 Å². The molecular formula is C22H26FNO4. The van der Waals surface area contributed by atoms with E-state index in [2.05, 4.69) is 4.90 Å². The number of aliphatic hydroxyl groups is 2. The van der Waals surface area contributed by atoms with Crippen LogP contribution in [0.4, 0.5) is 4.39 Å². The number of halogens is 1. The molecule has 0 radical (unpaired) electrons. The van der Waals surface area contributed by atoms with Gasteiger partial charge in [0, 0.05) is 31.6 Å². The molecule has 2 N–H and O–H groups in total. The molecule has 2 aromatic carbocycles. The highest BCUT2D eigenvalue weighted by Gasteiger charge is 2.43. The second-order valence-corrected chi connectivity index (χ2v) is 7.78. The van der Waals surface area contributed by atoms with Crippen LogP contribution in [0.5, 0.6) is 11.5 Å². The van der Waals surface area contributed by atoms with Gasteiger partial charge in [0.15, 0.2) is 0 Å². The number of hydrogen-bond donors (Lipinski definition) is 2. The largest absolute Gasteiger partial charge is 0.497 e. The summed E-state index contributed by atoms with van der Waals surface area (Å²) in [4.78, 5) is 2.19. The van der Waals surface area contributed by atoms with Gasteiger partial charge in [-0.05, 0) is 48.7 Å². The summed E-state index contributed by atoms with van der Waals surface area (Å²) in [5.74, 6) is 1.13. The van der Waals surface area contributed by atoms with Gasteiger partial charge in [-0.25, -0.2) is 4.39 Å². The van der Waals surface area contributed by atoms with Crippen molar-refractivity contribution >= 4 is 0 Å². The van der Waals surface area contributed by atoms with Crippen LogP contribution < -0.4 is 9.47 Å². The van der Waals surface area contributed by atoms with Crippen LogP contribution in [0.3, 0.4) is 0 Å². The SMILES string of the molecule is COc1ccc2c(c1)[C@H](O)CC1(CCN(C[C@H](O)c3ccc(F)cc3)CC1)O2. The van der Waals surface area contributed by atoms with Gasteiger partial charge in [-0.1, -0.05) is 12.1 Å². The quantitative estimate of drug-likeness (QED) is 0.844. The van der Waals surface area contributed by atoms with Crippen LogP contribution in [0.1, 0.15) is 42.6 Å². The summed E-state index contributed by atoms with van der Waals surface area (Å²) < 4.78 is 24.6. The van der Waals surface area contributed by atoms with Crippen LogP contribution in [0, 0.1) is 5.82 Å². The monoisotopic (exact) mass is 387 g/mol. The number of hydrogen-bond acceptors (Lipinski definition) is 5. The summed E-state index contributed by atoms with van der Waals surface area (Å²) in [7, 11) is 1.61. The number of rotatable bonds is 4. The highest BCUT2D eigenvalue weighted by atomic mass is 19.1. The Balaban J connectivity index is 1.39. The van der Waals surface area contributed by atoms with Gasteiger partial charge in [-0.3, -0.25) is 0 Å². The molecule has 0 aromatic heterocycles. The Bertz CT molecular complexity index is 818. The molecule has 6 heteroatoms. The van der Waals surface area contributed by atoms with Crippen molar-refractivity contribution in [3.8, 4) is 11.5 Å². The van der Waals surface area contributed by atoms with Crippen LogP contribution in [-0.4, -0.2) is 47.5 Å². The second kappa shape index (κ2) is 7.70. The van der Waals surface area contributed by atoms with Crippen LogP contribution >= 0.6 is 0 Å². The molecular weight excluding hydrogens is 361 g/mol. The summed E-state index contributed by atoms with van der Waals surface area (Å²) in [5.41, 5.74) is 1.12. The summed E-state index contributed by atoms with van der Waals surface area (Å²) in [5, 5.41) is 21.1. The first-order chi connectivity index (χ1) is 13.5. The molecule has 0 aliphatic carbocycles. The summed E-state index contributed by atoms with van der Waals surface area (Å²) in [6.45, 7) is 2.05. The zero-order chi connectivity index (χ0) is 19.7. The molecule has 4 rings (SSSR count). The number of piperidine rings is 1. The third-order valence-electron chi connectivity index (χ3n) is 5.92. The topological polar surface area (TPSA) is 62.2 Å². The Morgan fingerprint density at radius 2 is 1.93 bits per heavy atom. The lowest BCUT2D eigenvalue weighted by atomic mass is 9.81. The molecule has 1 fully saturated rings. The number of aliphatic hydroxyl groups excluding tert-OH is 2. The van der Waals surface area contributed by atoms with E-state index in [4.69, 9.17) is 9.47 Å². The maximum atomic E-state index is 13.1. The number of likely N-dealkylation sites (tertiary alicyclic amines) is 1. The molecule has 150 valence electrons. The van der Waals surface area contributed by atoms with Gasteiger partial charge in [-0.15, -0.1) is 0 Å². The second-order valence-electron chi connectivity index (χ2n) is 7.78.